The van der Waals surface area contributed by atoms with Crippen LogP contribution in [0.4, 0.5) is 4.79 Å². The second kappa shape index (κ2) is 8.63. The topological polar surface area (TPSA) is 128 Å². The number of carbonyl (C=O) groups excluding carboxylic acids is 3. The van der Waals surface area contributed by atoms with Gasteiger partial charge in [-0.15, -0.1) is 0 Å². The van der Waals surface area contributed by atoms with Crippen LogP contribution in [0.15, 0.2) is 30.3 Å². The molecular formula is C14H17N2O6-. The van der Waals surface area contributed by atoms with Crippen LogP contribution in [0.5, 0.6) is 0 Å². The monoisotopic (exact) mass is 309 g/mol. The summed E-state index contributed by atoms with van der Waals surface area (Å²) in [7, 11) is 0. The van der Waals surface area contributed by atoms with E-state index in [0.717, 1.165) is 5.56 Å². The Morgan fingerprint density at radius 1 is 1.23 bits per heavy atom. The van der Waals surface area contributed by atoms with Crippen molar-refractivity contribution in [2.24, 2.45) is 0 Å². The van der Waals surface area contributed by atoms with Gasteiger partial charge in [0.15, 0.2) is 0 Å². The number of aliphatic hydroxyl groups is 1. The average Bonchev–Trinajstić information content (AvgIpc) is 2.51. The second-order valence-electron chi connectivity index (χ2n) is 4.49. The molecule has 0 unspecified atom stereocenters. The quantitative estimate of drug-likeness (QED) is 0.564. The molecule has 1 aromatic carbocycles. The first-order valence-electron chi connectivity index (χ1n) is 6.53. The third kappa shape index (κ3) is 5.80. The highest BCUT2D eigenvalue weighted by molar-refractivity contribution is 5.88. The molecule has 0 spiro atoms. The highest BCUT2D eigenvalue weighted by Crippen LogP contribution is 2.00. The van der Waals surface area contributed by atoms with E-state index in [-0.39, 0.29) is 6.61 Å². The Kier molecular flexibility index (Phi) is 6.84. The highest BCUT2D eigenvalue weighted by Gasteiger charge is 2.22. The Labute approximate surface area is 127 Å². The van der Waals surface area contributed by atoms with Crippen LogP contribution in [0.2, 0.25) is 0 Å². The Balaban J connectivity index is 2.45. The molecule has 1 rings (SSSR count). The maximum atomic E-state index is 11.7. The van der Waals surface area contributed by atoms with Crippen LogP contribution in [0.1, 0.15) is 12.5 Å². The minimum Gasteiger partial charge on any atom is -0.548 e. The first kappa shape index (κ1) is 17.4. The van der Waals surface area contributed by atoms with Gasteiger partial charge in [0, 0.05) is 0 Å². The van der Waals surface area contributed by atoms with Crippen LogP contribution in [-0.2, 0) is 20.9 Å². The Bertz CT molecular complexity index is 519. The van der Waals surface area contributed by atoms with E-state index in [9.17, 15) is 19.5 Å². The number of alkyl carbamates (subject to hydrolysis) is 1. The highest BCUT2D eigenvalue weighted by atomic mass is 16.5. The van der Waals surface area contributed by atoms with Crippen molar-refractivity contribution in [2.45, 2.75) is 25.6 Å². The molecule has 0 saturated heterocycles. The fourth-order valence-corrected chi connectivity index (χ4v) is 1.47. The number of carbonyl (C=O) groups is 3. The summed E-state index contributed by atoms with van der Waals surface area (Å²) in [6.07, 6.45) is -0.904. The first-order valence-corrected chi connectivity index (χ1v) is 6.53. The van der Waals surface area contributed by atoms with E-state index in [1.807, 2.05) is 6.07 Å². The van der Waals surface area contributed by atoms with Crippen molar-refractivity contribution < 1.29 is 29.3 Å². The van der Waals surface area contributed by atoms with Crippen LogP contribution in [0, 0.1) is 0 Å². The molecule has 2 atom stereocenters. The van der Waals surface area contributed by atoms with Gasteiger partial charge < -0.3 is 30.4 Å². The molecule has 0 aromatic heterocycles. The summed E-state index contributed by atoms with van der Waals surface area (Å²) < 4.78 is 4.89. The number of aliphatic carboxylic acids is 1. The normalized spacial score (nSPS) is 12.8. The first-order chi connectivity index (χ1) is 10.4. The van der Waals surface area contributed by atoms with Gasteiger partial charge in [-0.05, 0) is 12.5 Å². The summed E-state index contributed by atoms with van der Waals surface area (Å²) in [5.41, 5.74) is 0.758. The van der Waals surface area contributed by atoms with Crippen LogP contribution in [-0.4, -0.2) is 41.8 Å². The largest absolute Gasteiger partial charge is 0.548 e. The lowest BCUT2D eigenvalue weighted by atomic mass is 10.2. The fourth-order valence-electron chi connectivity index (χ4n) is 1.47. The molecule has 3 N–H and O–H groups in total. The van der Waals surface area contributed by atoms with Crippen LogP contribution in [0.25, 0.3) is 0 Å². The van der Waals surface area contributed by atoms with Crippen molar-refractivity contribution in [3.05, 3.63) is 35.9 Å². The Morgan fingerprint density at radius 3 is 2.41 bits per heavy atom. The number of carboxylic acids is 1. The molecule has 0 heterocycles. The molecular weight excluding hydrogens is 292 g/mol. The lowest BCUT2D eigenvalue weighted by Crippen LogP contribution is -2.54. The predicted octanol–water partition coefficient (Wildman–Crippen LogP) is -1.47. The van der Waals surface area contributed by atoms with Crippen molar-refractivity contribution in [3.8, 4) is 0 Å². The lowest BCUT2D eigenvalue weighted by molar-refractivity contribution is -0.307. The molecule has 1 aromatic rings. The predicted molar refractivity (Wildman–Crippen MR) is 73.2 cm³/mol. The number of aliphatic hydroxyl groups excluding tert-OH is 1. The molecule has 120 valence electrons. The summed E-state index contributed by atoms with van der Waals surface area (Å²) in [5, 5.41) is 23.8. The Hall–Kier alpha value is -2.61. The van der Waals surface area contributed by atoms with E-state index in [1.165, 1.54) is 6.92 Å². The molecule has 0 aliphatic carbocycles. The minimum atomic E-state index is -1.48. The summed E-state index contributed by atoms with van der Waals surface area (Å²) in [5.74, 6) is -2.33. The van der Waals surface area contributed by atoms with E-state index in [4.69, 9.17) is 9.84 Å². The van der Waals surface area contributed by atoms with Gasteiger partial charge in [-0.1, -0.05) is 30.3 Å². The second-order valence-corrected chi connectivity index (χ2v) is 4.49. The Morgan fingerprint density at radius 2 is 1.86 bits per heavy atom. The zero-order valence-corrected chi connectivity index (χ0v) is 11.9. The maximum absolute atomic E-state index is 11.7. The fraction of sp³-hybridized carbons (Fsp3) is 0.357. The molecule has 22 heavy (non-hydrogen) atoms. The van der Waals surface area contributed by atoms with Crippen molar-refractivity contribution in [1.82, 2.24) is 10.6 Å². The number of benzene rings is 1. The molecule has 0 aliphatic heterocycles. The van der Waals surface area contributed by atoms with Crippen LogP contribution >= 0.6 is 0 Å². The number of hydrogen-bond donors (Lipinski definition) is 3. The molecule has 0 saturated carbocycles. The third-order valence-corrected chi connectivity index (χ3v) is 2.72. The average molecular weight is 309 g/mol. The van der Waals surface area contributed by atoms with Gasteiger partial charge in [-0.2, -0.15) is 0 Å². The smallest absolute Gasteiger partial charge is 0.408 e. The maximum Gasteiger partial charge on any atom is 0.408 e. The van der Waals surface area contributed by atoms with E-state index < -0.39 is 36.7 Å². The summed E-state index contributed by atoms with van der Waals surface area (Å²) in [6, 6.07) is 6.32. The number of carboxylic acid groups (broad SMARTS) is 1. The molecule has 0 aliphatic rings. The van der Waals surface area contributed by atoms with Crippen molar-refractivity contribution in [1.29, 1.82) is 0 Å². The van der Waals surface area contributed by atoms with Gasteiger partial charge in [0.25, 0.3) is 0 Å². The van der Waals surface area contributed by atoms with Gasteiger partial charge in [0.1, 0.15) is 12.6 Å². The molecule has 8 nitrogen and oxygen atoms in total. The van der Waals surface area contributed by atoms with E-state index in [1.54, 1.807) is 24.3 Å². The minimum absolute atomic E-state index is 0.00187. The molecule has 0 fully saturated rings. The molecule has 0 radical (unpaired) electrons. The summed E-state index contributed by atoms with van der Waals surface area (Å²) in [6.45, 7) is 0.503. The van der Waals surface area contributed by atoms with E-state index >= 15 is 0 Å². The third-order valence-electron chi connectivity index (χ3n) is 2.72. The standard InChI is InChI=1S/C14H18N2O6/c1-9(13(19)20)15-12(18)11(7-17)16-14(21)22-8-10-5-3-2-4-6-10/h2-6,9,11,17H,7-8H2,1H3,(H,15,18)(H,16,21)(H,19,20)/p-1/t9-,11-/m0/s1. The van der Waals surface area contributed by atoms with Crippen molar-refractivity contribution >= 4 is 18.0 Å². The number of ether oxygens (including phenoxy) is 1. The van der Waals surface area contributed by atoms with Gasteiger partial charge in [0.05, 0.1) is 18.6 Å². The van der Waals surface area contributed by atoms with E-state index in [0.29, 0.717) is 0 Å². The van der Waals surface area contributed by atoms with Crippen LogP contribution < -0.4 is 15.7 Å². The van der Waals surface area contributed by atoms with Crippen LogP contribution in [0.3, 0.4) is 0 Å². The van der Waals surface area contributed by atoms with Crippen molar-refractivity contribution in [3.63, 3.8) is 0 Å². The number of rotatable bonds is 7. The van der Waals surface area contributed by atoms with Gasteiger partial charge >= 0.3 is 6.09 Å². The number of nitrogens with one attached hydrogen (secondary N) is 2. The molecule has 2 amide bonds. The summed E-state index contributed by atoms with van der Waals surface area (Å²) in [4.78, 5) is 33.7. The zero-order valence-electron chi connectivity index (χ0n) is 11.9. The van der Waals surface area contributed by atoms with Gasteiger partial charge in [-0.25, -0.2) is 4.79 Å². The molecule has 8 heteroatoms. The zero-order chi connectivity index (χ0) is 16.5. The number of hydrogen-bond acceptors (Lipinski definition) is 6. The SMILES string of the molecule is C[C@H](NC(=O)[C@H](CO)NC(=O)OCc1ccccc1)C(=O)[O-]. The summed E-state index contributed by atoms with van der Waals surface area (Å²) >= 11 is 0. The van der Waals surface area contributed by atoms with Gasteiger partial charge in [0.2, 0.25) is 5.91 Å². The van der Waals surface area contributed by atoms with E-state index in [2.05, 4.69) is 10.6 Å². The molecule has 0 bridgehead atoms. The number of amides is 2. The lowest BCUT2D eigenvalue weighted by Gasteiger charge is -2.20. The van der Waals surface area contributed by atoms with Crippen molar-refractivity contribution in [2.75, 3.05) is 6.61 Å². The van der Waals surface area contributed by atoms with Gasteiger partial charge in [-0.3, -0.25) is 4.79 Å².